The zero-order valence-electron chi connectivity index (χ0n) is 24.4. The third kappa shape index (κ3) is 6.72. The SMILES string of the molecule is COc1ccc(CN(CCc2c[nH]c3ccccc23)C(=O)CN(C(=O)c2ccc(-c3ccccc3)cc2)C(C)C)cc1. The van der Waals surface area contributed by atoms with Gasteiger partial charge in [0.25, 0.3) is 5.91 Å². The van der Waals surface area contributed by atoms with E-state index >= 15 is 0 Å². The summed E-state index contributed by atoms with van der Waals surface area (Å²) in [6, 6.07) is 33.5. The second-order valence-corrected chi connectivity index (χ2v) is 10.7. The van der Waals surface area contributed by atoms with Crippen LogP contribution in [0.3, 0.4) is 0 Å². The molecule has 0 unspecified atom stereocenters. The number of fused-ring (bicyclic) bond motifs is 1. The predicted octanol–water partition coefficient (Wildman–Crippen LogP) is 6.97. The number of rotatable bonds is 11. The molecule has 4 aromatic carbocycles. The standard InChI is InChI=1S/C36H37N3O3/c1-26(2)39(36(41)30-17-15-29(16-18-30)28-9-5-4-6-10-28)25-35(40)38(24-27-13-19-32(42-3)20-14-27)22-21-31-23-37-34-12-8-7-11-33(31)34/h4-20,23,26,37H,21-22,24-25H2,1-3H3. The molecular formula is C36H37N3O3. The Morgan fingerprint density at radius 2 is 1.48 bits per heavy atom. The van der Waals surface area contributed by atoms with Crippen LogP contribution < -0.4 is 4.74 Å². The van der Waals surface area contributed by atoms with Crippen molar-refractivity contribution in [3.05, 3.63) is 126 Å². The molecular weight excluding hydrogens is 522 g/mol. The maximum atomic E-state index is 13.9. The van der Waals surface area contributed by atoms with Gasteiger partial charge in [0, 0.05) is 41.8 Å². The van der Waals surface area contributed by atoms with Crippen molar-refractivity contribution in [3.63, 3.8) is 0 Å². The Bertz CT molecular complexity index is 1620. The average molecular weight is 560 g/mol. The van der Waals surface area contributed by atoms with Gasteiger partial charge in [-0.15, -0.1) is 0 Å². The molecule has 5 aromatic rings. The highest BCUT2D eigenvalue weighted by Gasteiger charge is 2.25. The Labute approximate surface area is 247 Å². The van der Waals surface area contributed by atoms with Crippen molar-refractivity contribution in [1.29, 1.82) is 0 Å². The molecule has 0 fully saturated rings. The van der Waals surface area contributed by atoms with Crippen LogP contribution in [0.15, 0.2) is 109 Å². The number of hydrogen-bond donors (Lipinski definition) is 1. The molecule has 0 radical (unpaired) electrons. The largest absolute Gasteiger partial charge is 0.497 e. The highest BCUT2D eigenvalue weighted by Crippen LogP contribution is 2.22. The number of hydrogen-bond acceptors (Lipinski definition) is 3. The van der Waals surface area contributed by atoms with Crippen LogP contribution in [0.2, 0.25) is 0 Å². The zero-order chi connectivity index (χ0) is 29.5. The fourth-order valence-corrected chi connectivity index (χ4v) is 5.17. The molecule has 0 bridgehead atoms. The smallest absolute Gasteiger partial charge is 0.254 e. The van der Waals surface area contributed by atoms with Crippen molar-refractivity contribution in [1.82, 2.24) is 14.8 Å². The van der Waals surface area contributed by atoms with Crippen molar-refractivity contribution in [2.45, 2.75) is 32.9 Å². The second kappa shape index (κ2) is 13.2. The van der Waals surface area contributed by atoms with Crippen LogP contribution in [-0.4, -0.2) is 52.8 Å². The quantitative estimate of drug-likeness (QED) is 0.190. The van der Waals surface area contributed by atoms with Gasteiger partial charge in [0.1, 0.15) is 12.3 Å². The lowest BCUT2D eigenvalue weighted by molar-refractivity contribution is -0.132. The van der Waals surface area contributed by atoms with Crippen molar-refractivity contribution < 1.29 is 14.3 Å². The van der Waals surface area contributed by atoms with Crippen LogP contribution >= 0.6 is 0 Å². The summed E-state index contributed by atoms with van der Waals surface area (Å²) in [5, 5.41) is 1.16. The number of methoxy groups -OCH3 is 1. The second-order valence-electron chi connectivity index (χ2n) is 10.7. The number of ether oxygens (including phenoxy) is 1. The summed E-state index contributed by atoms with van der Waals surface area (Å²) in [7, 11) is 1.64. The van der Waals surface area contributed by atoms with E-state index in [1.165, 1.54) is 0 Å². The Morgan fingerprint density at radius 3 is 2.17 bits per heavy atom. The molecule has 214 valence electrons. The Balaban J connectivity index is 1.34. The van der Waals surface area contributed by atoms with Gasteiger partial charge in [0.05, 0.1) is 7.11 Å². The number of amides is 2. The molecule has 0 aliphatic rings. The maximum Gasteiger partial charge on any atom is 0.254 e. The molecule has 6 nitrogen and oxygen atoms in total. The minimum absolute atomic E-state index is 0.000968. The van der Waals surface area contributed by atoms with E-state index in [4.69, 9.17) is 4.74 Å². The topological polar surface area (TPSA) is 65.6 Å². The molecule has 6 heteroatoms. The van der Waals surface area contributed by atoms with Crippen LogP contribution in [0, 0.1) is 0 Å². The van der Waals surface area contributed by atoms with Crippen LogP contribution in [0.1, 0.15) is 35.3 Å². The molecule has 0 saturated carbocycles. The lowest BCUT2D eigenvalue weighted by atomic mass is 10.0. The highest BCUT2D eigenvalue weighted by molar-refractivity contribution is 5.97. The van der Waals surface area contributed by atoms with Crippen LogP contribution in [-0.2, 0) is 17.8 Å². The number of aromatic nitrogens is 1. The third-order valence-corrected chi connectivity index (χ3v) is 7.64. The lowest BCUT2D eigenvalue weighted by Crippen LogP contribution is -2.46. The average Bonchev–Trinajstić information content (AvgIpc) is 3.45. The molecule has 0 aliphatic heterocycles. The first kappa shape index (κ1) is 28.7. The molecule has 5 rings (SSSR count). The van der Waals surface area contributed by atoms with Gasteiger partial charge in [0.15, 0.2) is 0 Å². The molecule has 0 spiro atoms. The van der Waals surface area contributed by atoms with Crippen molar-refractivity contribution in [2.24, 2.45) is 0 Å². The van der Waals surface area contributed by atoms with Gasteiger partial charge in [-0.05, 0) is 72.9 Å². The van der Waals surface area contributed by atoms with E-state index in [1.807, 2.05) is 116 Å². The Hall–Kier alpha value is -4.84. The summed E-state index contributed by atoms with van der Waals surface area (Å²) in [5.41, 5.74) is 5.95. The van der Waals surface area contributed by atoms with E-state index in [1.54, 1.807) is 12.0 Å². The summed E-state index contributed by atoms with van der Waals surface area (Å²) in [5.74, 6) is 0.526. The van der Waals surface area contributed by atoms with Crippen LogP contribution in [0.25, 0.3) is 22.0 Å². The first-order valence-electron chi connectivity index (χ1n) is 14.3. The molecule has 1 aromatic heterocycles. The molecule has 2 amide bonds. The summed E-state index contributed by atoms with van der Waals surface area (Å²) in [4.78, 5) is 34.4. The number of para-hydroxylation sites is 1. The molecule has 0 atom stereocenters. The minimum Gasteiger partial charge on any atom is -0.497 e. The first-order valence-corrected chi connectivity index (χ1v) is 14.3. The molecule has 0 aliphatic carbocycles. The van der Waals surface area contributed by atoms with Gasteiger partial charge in [-0.3, -0.25) is 9.59 Å². The maximum absolute atomic E-state index is 13.9. The number of carbonyl (C=O) groups is 2. The fraction of sp³-hybridized carbons (Fsp3) is 0.222. The highest BCUT2D eigenvalue weighted by atomic mass is 16.5. The minimum atomic E-state index is -0.154. The van der Waals surface area contributed by atoms with Crippen molar-refractivity contribution >= 4 is 22.7 Å². The van der Waals surface area contributed by atoms with E-state index < -0.39 is 0 Å². The number of carbonyl (C=O) groups excluding carboxylic acids is 2. The van der Waals surface area contributed by atoms with E-state index in [-0.39, 0.29) is 24.4 Å². The van der Waals surface area contributed by atoms with E-state index in [0.717, 1.165) is 38.9 Å². The van der Waals surface area contributed by atoms with Gasteiger partial charge in [-0.2, -0.15) is 0 Å². The number of nitrogens with zero attached hydrogens (tertiary/aromatic N) is 2. The van der Waals surface area contributed by atoms with E-state index in [0.29, 0.717) is 25.1 Å². The lowest BCUT2D eigenvalue weighted by Gasteiger charge is -2.30. The monoisotopic (exact) mass is 559 g/mol. The summed E-state index contributed by atoms with van der Waals surface area (Å²) < 4.78 is 5.31. The summed E-state index contributed by atoms with van der Waals surface area (Å²) in [6.45, 7) is 4.86. The fourth-order valence-electron chi connectivity index (χ4n) is 5.17. The number of nitrogens with one attached hydrogen (secondary N) is 1. The van der Waals surface area contributed by atoms with Gasteiger partial charge in [0.2, 0.25) is 5.91 Å². The Kier molecular flexibility index (Phi) is 9.02. The van der Waals surface area contributed by atoms with Gasteiger partial charge in [-0.25, -0.2) is 0 Å². The third-order valence-electron chi connectivity index (χ3n) is 7.64. The van der Waals surface area contributed by atoms with Gasteiger partial charge in [-0.1, -0.05) is 72.8 Å². The van der Waals surface area contributed by atoms with Gasteiger partial charge >= 0.3 is 0 Å². The van der Waals surface area contributed by atoms with Crippen molar-refractivity contribution in [3.8, 4) is 16.9 Å². The van der Waals surface area contributed by atoms with Crippen LogP contribution in [0.5, 0.6) is 5.75 Å². The van der Waals surface area contributed by atoms with E-state index in [9.17, 15) is 9.59 Å². The molecule has 42 heavy (non-hydrogen) atoms. The van der Waals surface area contributed by atoms with Crippen LogP contribution in [0.4, 0.5) is 0 Å². The van der Waals surface area contributed by atoms with E-state index in [2.05, 4.69) is 17.1 Å². The Morgan fingerprint density at radius 1 is 0.810 bits per heavy atom. The number of benzene rings is 4. The number of aromatic amines is 1. The first-order chi connectivity index (χ1) is 20.4. The molecule has 0 saturated heterocycles. The predicted molar refractivity (Wildman–Crippen MR) is 168 cm³/mol. The number of H-pyrrole nitrogens is 1. The normalized spacial score (nSPS) is 11.0. The summed E-state index contributed by atoms with van der Waals surface area (Å²) >= 11 is 0. The summed E-state index contributed by atoms with van der Waals surface area (Å²) in [6.07, 6.45) is 2.71. The van der Waals surface area contributed by atoms with Gasteiger partial charge < -0.3 is 19.5 Å². The van der Waals surface area contributed by atoms with Crippen molar-refractivity contribution in [2.75, 3.05) is 20.2 Å². The molecule has 1 N–H and O–H groups in total. The zero-order valence-corrected chi connectivity index (χ0v) is 24.4. The molecule has 1 heterocycles.